The van der Waals surface area contributed by atoms with Crippen LogP contribution < -0.4 is 4.74 Å². The van der Waals surface area contributed by atoms with Crippen molar-refractivity contribution in [3.8, 4) is 16.9 Å². The van der Waals surface area contributed by atoms with E-state index in [0.717, 1.165) is 60.1 Å². The number of carbonyl (C=O) groups is 1. The molecule has 0 spiro atoms. The summed E-state index contributed by atoms with van der Waals surface area (Å²) in [6.45, 7) is 6.66. The summed E-state index contributed by atoms with van der Waals surface area (Å²) in [5.41, 5.74) is 4.25. The summed E-state index contributed by atoms with van der Waals surface area (Å²) >= 11 is 0. The summed E-state index contributed by atoms with van der Waals surface area (Å²) in [5, 5.41) is 0. The van der Waals surface area contributed by atoms with Gasteiger partial charge in [0, 0.05) is 11.1 Å². The normalized spacial score (nSPS) is 15.2. The maximum atomic E-state index is 15.0. The zero-order valence-electron chi connectivity index (χ0n) is 23.6. The van der Waals surface area contributed by atoms with E-state index in [2.05, 4.69) is 26.8 Å². The van der Waals surface area contributed by atoms with Gasteiger partial charge in [0.2, 0.25) is 0 Å². The first-order chi connectivity index (χ1) is 19.1. The van der Waals surface area contributed by atoms with Crippen molar-refractivity contribution >= 4 is 11.5 Å². The average Bonchev–Trinajstić information content (AvgIpc) is 3.30. The van der Waals surface area contributed by atoms with E-state index < -0.39 is 12.2 Å². The lowest BCUT2D eigenvalue weighted by atomic mass is 9.79. The molecule has 3 nitrogen and oxygen atoms in total. The molecule has 1 atom stereocenters. The molecule has 1 aliphatic carbocycles. The summed E-state index contributed by atoms with van der Waals surface area (Å²) in [4.78, 5) is 11.9. The molecule has 0 bridgehead atoms. The Hall–Kier alpha value is -3.54. The number of methoxy groups -OCH3 is 1. The van der Waals surface area contributed by atoms with Crippen molar-refractivity contribution in [3.05, 3.63) is 94.8 Å². The second-order valence-electron chi connectivity index (χ2n) is 11.1. The number of benzene rings is 3. The highest BCUT2D eigenvalue weighted by Gasteiger charge is 2.30. The van der Waals surface area contributed by atoms with Gasteiger partial charge in [-0.2, -0.15) is 0 Å². The van der Waals surface area contributed by atoms with Crippen LogP contribution in [0.4, 0.5) is 13.2 Å². The average molecular weight is 551 g/mol. The molecule has 0 saturated carbocycles. The Labute approximate surface area is 235 Å². The van der Waals surface area contributed by atoms with Gasteiger partial charge in [0.05, 0.1) is 13.5 Å². The smallest absolute Gasteiger partial charge is 0.306 e. The van der Waals surface area contributed by atoms with E-state index in [9.17, 15) is 18.0 Å². The quantitative estimate of drug-likeness (QED) is 0.223. The summed E-state index contributed by atoms with van der Waals surface area (Å²) in [6.07, 6.45) is 3.45. The maximum absolute atomic E-state index is 15.0. The van der Waals surface area contributed by atoms with Crippen LogP contribution in [0.2, 0.25) is 0 Å². The number of hydrogen-bond donors (Lipinski definition) is 0. The number of carbonyl (C=O) groups excluding carboxylic acids is 1. The Bertz CT molecular complexity index is 1380. The fraction of sp³-hybridized carbons (Fsp3) is 0.382. The van der Waals surface area contributed by atoms with Crippen LogP contribution in [0.15, 0.2) is 66.7 Å². The van der Waals surface area contributed by atoms with Gasteiger partial charge < -0.3 is 9.47 Å². The topological polar surface area (TPSA) is 35.5 Å². The first kappa shape index (κ1) is 29.4. The second-order valence-corrected chi connectivity index (χ2v) is 11.1. The highest BCUT2D eigenvalue weighted by Crippen LogP contribution is 2.47. The second kappa shape index (κ2) is 12.8. The van der Waals surface area contributed by atoms with E-state index in [-0.39, 0.29) is 35.0 Å². The highest BCUT2D eigenvalue weighted by atomic mass is 19.3. The predicted octanol–water partition coefficient (Wildman–Crippen LogP) is 9.66. The van der Waals surface area contributed by atoms with Crippen LogP contribution in [-0.2, 0) is 16.1 Å². The van der Waals surface area contributed by atoms with Crippen molar-refractivity contribution in [2.75, 3.05) is 7.11 Å². The molecular weight excluding hydrogens is 513 g/mol. The minimum atomic E-state index is -2.68. The fourth-order valence-corrected chi connectivity index (χ4v) is 5.53. The third-order valence-electron chi connectivity index (χ3n) is 7.77. The zero-order valence-corrected chi connectivity index (χ0v) is 23.6. The largest absolute Gasteiger partial charge is 0.489 e. The SMILES string of the molecule is CCC[C@@H](CC(=O)OC)c1cccc(OCc2ccc(-c3cc(C(F)F)ccc3F)c(C3=CCCC3(C)C)c2)c1. The molecule has 6 heteroatoms. The first-order valence-corrected chi connectivity index (χ1v) is 13.8. The Morgan fingerprint density at radius 1 is 0.975 bits per heavy atom. The van der Waals surface area contributed by atoms with Gasteiger partial charge >= 0.3 is 5.97 Å². The maximum Gasteiger partial charge on any atom is 0.306 e. The molecule has 0 unspecified atom stereocenters. The third kappa shape index (κ3) is 6.78. The highest BCUT2D eigenvalue weighted by molar-refractivity contribution is 5.85. The van der Waals surface area contributed by atoms with Gasteiger partial charge in [0.25, 0.3) is 6.43 Å². The Balaban J connectivity index is 1.65. The van der Waals surface area contributed by atoms with Crippen LogP contribution in [0.25, 0.3) is 16.7 Å². The molecule has 3 aromatic rings. The van der Waals surface area contributed by atoms with Gasteiger partial charge in [-0.3, -0.25) is 4.79 Å². The molecule has 0 radical (unpaired) electrons. The molecule has 3 aromatic carbocycles. The molecule has 0 heterocycles. The lowest BCUT2D eigenvalue weighted by molar-refractivity contribution is -0.141. The van der Waals surface area contributed by atoms with Gasteiger partial charge in [0.15, 0.2) is 0 Å². The summed E-state index contributed by atoms with van der Waals surface area (Å²) in [5.74, 6) is -0.0407. The monoisotopic (exact) mass is 550 g/mol. The van der Waals surface area contributed by atoms with Gasteiger partial charge in [-0.25, -0.2) is 13.2 Å². The molecule has 0 amide bonds. The van der Waals surface area contributed by atoms with Crippen LogP contribution >= 0.6 is 0 Å². The molecule has 4 rings (SSSR count). The summed E-state index contributed by atoms with van der Waals surface area (Å²) in [6, 6.07) is 16.9. The van der Waals surface area contributed by atoms with E-state index in [1.807, 2.05) is 36.4 Å². The number of allylic oxidation sites excluding steroid dienone is 2. The number of ether oxygens (including phenoxy) is 2. The third-order valence-corrected chi connectivity index (χ3v) is 7.77. The Morgan fingerprint density at radius 3 is 2.45 bits per heavy atom. The summed E-state index contributed by atoms with van der Waals surface area (Å²) < 4.78 is 53.0. The molecule has 0 fully saturated rings. The van der Waals surface area contributed by atoms with E-state index in [4.69, 9.17) is 9.47 Å². The molecular formula is C34H37F3O3. The number of halogens is 3. The van der Waals surface area contributed by atoms with E-state index >= 15 is 0 Å². The molecule has 0 aliphatic heterocycles. The summed E-state index contributed by atoms with van der Waals surface area (Å²) in [7, 11) is 1.40. The minimum Gasteiger partial charge on any atom is -0.489 e. The van der Waals surface area contributed by atoms with Crippen molar-refractivity contribution in [3.63, 3.8) is 0 Å². The standard InChI is InChI=1S/C34H37F3O3/c1-5-8-23(20-32(38)39-4)24-9-6-10-26(18-24)40-21-22-12-14-27(28(17-22)30-11-7-16-34(30,2)3)29-19-25(33(36)37)13-15-31(29)35/h6,9-15,17-19,23,33H,5,7-8,16,20-21H2,1-4H3/t23-/m0/s1. The lowest BCUT2D eigenvalue weighted by Crippen LogP contribution is -2.10. The van der Waals surface area contributed by atoms with Crippen molar-refractivity contribution < 1.29 is 27.4 Å². The van der Waals surface area contributed by atoms with E-state index in [1.165, 1.54) is 13.2 Å². The fourth-order valence-electron chi connectivity index (χ4n) is 5.53. The predicted molar refractivity (Wildman–Crippen MR) is 153 cm³/mol. The number of alkyl halides is 2. The van der Waals surface area contributed by atoms with Crippen molar-refractivity contribution in [1.82, 2.24) is 0 Å². The van der Waals surface area contributed by atoms with Crippen LogP contribution in [0.3, 0.4) is 0 Å². The molecule has 40 heavy (non-hydrogen) atoms. The zero-order chi connectivity index (χ0) is 28.9. The first-order valence-electron chi connectivity index (χ1n) is 13.8. The number of hydrogen-bond acceptors (Lipinski definition) is 3. The minimum absolute atomic E-state index is 0.0438. The van der Waals surface area contributed by atoms with Gasteiger partial charge in [-0.05, 0) is 88.8 Å². The van der Waals surface area contributed by atoms with Crippen molar-refractivity contribution in [1.29, 1.82) is 0 Å². The van der Waals surface area contributed by atoms with Crippen molar-refractivity contribution in [2.24, 2.45) is 5.41 Å². The van der Waals surface area contributed by atoms with Gasteiger partial charge in [-0.15, -0.1) is 0 Å². The van der Waals surface area contributed by atoms with Crippen LogP contribution in [0.1, 0.15) is 87.5 Å². The molecule has 212 valence electrons. The van der Waals surface area contributed by atoms with Gasteiger partial charge in [0.1, 0.15) is 18.2 Å². The molecule has 1 aliphatic rings. The lowest BCUT2D eigenvalue weighted by Gasteiger charge is -2.25. The van der Waals surface area contributed by atoms with Gasteiger partial charge in [-0.1, -0.05) is 63.6 Å². The van der Waals surface area contributed by atoms with Crippen LogP contribution in [0, 0.1) is 11.2 Å². The van der Waals surface area contributed by atoms with Crippen molar-refractivity contribution in [2.45, 2.75) is 71.8 Å². The van der Waals surface area contributed by atoms with E-state index in [1.54, 1.807) is 6.07 Å². The number of rotatable bonds is 11. The van der Waals surface area contributed by atoms with Crippen LogP contribution in [0.5, 0.6) is 5.75 Å². The Morgan fingerprint density at radius 2 is 1.77 bits per heavy atom. The molecule has 0 saturated heterocycles. The molecule has 0 aromatic heterocycles. The number of esters is 1. The molecule has 0 N–H and O–H groups in total. The van der Waals surface area contributed by atoms with E-state index in [0.29, 0.717) is 17.7 Å². The van der Waals surface area contributed by atoms with Crippen LogP contribution in [-0.4, -0.2) is 13.1 Å². The Kier molecular flexibility index (Phi) is 9.39.